The highest BCUT2D eigenvalue weighted by Crippen LogP contribution is 2.30. The SMILES string of the molecule is CC1(C(N)=O)CCN(Cc2ccc(C#CCN)cc2)C1. The Morgan fingerprint density at radius 2 is 2.10 bits per heavy atom. The highest BCUT2D eigenvalue weighted by molar-refractivity contribution is 5.81. The van der Waals surface area contributed by atoms with Crippen LogP contribution in [0.2, 0.25) is 0 Å². The quantitative estimate of drug-likeness (QED) is 0.795. The number of rotatable bonds is 3. The van der Waals surface area contributed by atoms with Crippen molar-refractivity contribution in [2.75, 3.05) is 19.6 Å². The molecule has 0 aromatic heterocycles. The smallest absolute Gasteiger partial charge is 0.224 e. The first-order valence-electron chi connectivity index (χ1n) is 6.84. The fourth-order valence-electron chi connectivity index (χ4n) is 2.50. The summed E-state index contributed by atoms with van der Waals surface area (Å²) in [5.41, 5.74) is 12.6. The van der Waals surface area contributed by atoms with Crippen LogP contribution in [0.3, 0.4) is 0 Å². The van der Waals surface area contributed by atoms with Crippen molar-refractivity contribution in [3.05, 3.63) is 35.4 Å². The molecule has 1 fully saturated rings. The van der Waals surface area contributed by atoms with Gasteiger partial charge in [0.1, 0.15) is 0 Å². The van der Waals surface area contributed by atoms with Gasteiger partial charge in [-0.25, -0.2) is 0 Å². The number of carbonyl (C=O) groups is 1. The molecule has 1 aromatic rings. The third-order valence-corrected chi connectivity index (χ3v) is 3.84. The number of nitrogens with two attached hydrogens (primary N) is 2. The van der Waals surface area contributed by atoms with Gasteiger partial charge in [0.05, 0.1) is 12.0 Å². The van der Waals surface area contributed by atoms with Gasteiger partial charge in [-0.05, 0) is 37.6 Å². The molecule has 1 atom stereocenters. The lowest BCUT2D eigenvalue weighted by Gasteiger charge is -2.21. The predicted molar refractivity (Wildman–Crippen MR) is 79.6 cm³/mol. The fraction of sp³-hybridized carbons (Fsp3) is 0.438. The van der Waals surface area contributed by atoms with E-state index in [9.17, 15) is 4.79 Å². The molecule has 0 radical (unpaired) electrons. The topological polar surface area (TPSA) is 72.4 Å². The Morgan fingerprint density at radius 3 is 2.65 bits per heavy atom. The summed E-state index contributed by atoms with van der Waals surface area (Å²) in [5, 5.41) is 0. The van der Waals surface area contributed by atoms with E-state index in [4.69, 9.17) is 11.5 Å². The Kier molecular flexibility index (Phi) is 4.43. The minimum absolute atomic E-state index is 0.201. The summed E-state index contributed by atoms with van der Waals surface area (Å²) in [4.78, 5) is 13.7. The number of hydrogen-bond donors (Lipinski definition) is 2. The summed E-state index contributed by atoms with van der Waals surface area (Å²) in [5.74, 6) is 5.64. The molecule has 0 spiro atoms. The summed E-state index contributed by atoms with van der Waals surface area (Å²) in [6.07, 6.45) is 0.836. The molecule has 2 rings (SSSR count). The highest BCUT2D eigenvalue weighted by atomic mass is 16.1. The van der Waals surface area contributed by atoms with Gasteiger partial charge in [-0.1, -0.05) is 24.0 Å². The van der Waals surface area contributed by atoms with Crippen molar-refractivity contribution in [2.45, 2.75) is 19.9 Å². The van der Waals surface area contributed by atoms with Crippen molar-refractivity contribution < 1.29 is 4.79 Å². The van der Waals surface area contributed by atoms with E-state index >= 15 is 0 Å². The summed E-state index contributed by atoms with van der Waals surface area (Å²) in [6.45, 7) is 4.81. The third kappa shape index (κ3) is 3.38. The van der Waals surface area contributed by atoms with Crippen LogP contribution in [0.1, 0.15) is 24.5 Å². The zero-order chi connectivity index (χ0) is 14.6. The molecule has 0 aliphatic carbocycles. The van der Waals surface area contributed by atoms with Crippen molar-refractivity contribution in [3.8, 4) is 11.8 Å². The molecular formula is C16H21N3O. The van der Waals surface area contributed by atoms with E-state index in [0.29, 0.717) is 6.54 Å². The lowest BCUT2D eigenvalue weighted by atomic mass is 9.89. The highest BCUT2D eigenvalue weighted by Gasteiger charge is 2.38. The van der Waals surface area contributed by atoms with E-state index in [1.54, 1.807) is 0 Å². The van der Waals surface area contributed by atoms with Gasteiger partial charge in [0, 0.05) is 18.7 Å². The van der Waals surface area contributed by atoms with Gasteiger partial charge in [0.15, 0.2) is 0 Å². The number of primary amides is 1. The van der Waals surface area contributed by atoms with E-state index < -0.39 is 0 Å². The summed E-state index contributed by atoms with van der Waals surface area (Å²) >= 11 is 0. The van der Waals surface area contributed by atoms with Crippen LogP contribution < -0.4 is 11.5 Å². The molecule has 4 heteroatoms. The molecule has 4 nitrogen and oxygen atoms in total. The number of benzene rings is 1. The molecule has 4 N–H and O–H groups in total. The maximum absolute atomic E-state index is 11.4. The van der Waals surface area contributed by atoms with E-state index in [-0.39, 0.29) is 11.3 Å². The second-order valence-electron chi connectivity index (χ2n) is 5.59. The molecule has 0 saturated carbocycles. The van der Waals surface area contributed by atoms with E-state index in [0.717, 1.165) is 31.6 Å². The number of carbonyl (C=O) groups excluding carboxylic acids is 1. The maximum Gasteiger partial charge on any atom is 0.224 e. The molecule has 1 aromatic carbocycles. The van der Waals surface area contributed by atoms with Gasteiger partial charge in [-0.3, -0.25) is 9.69 Å². The average Bonchev–Trinajstić information content (AvgIpc) is 2.81. The molecule has 1 amide bonds. The van der Waals surface area contributed by atoms with Gasteiger partial charge in [0.25, 0.3) is 0 Å². The standard InChI is InChI=1S/C16H21N3O/c1-16(15(18)20)8-10-19(12-16)11-14-6-4-13(5-7-14)3-2-9-17/h4-7H,8-12,17H2,1H3,(H2,18,20). The number of hydrogen-bond acceptors (Lipinski definition) is 3. The Hall–Kier alpha value is -1.83. The van der Waals surface area contributed by atoms with E-state index in [1.165, 1.54) is 5.56 Å². The Bertz CT molecular complexity index is 541. The minimum Gasteiger partial charge on any atom is -0.369 e. The van der Waals surface area contributed by atoms with Gasteiger partial charge in [0.2, 0.25) is 5.91 Å². The summed E-state index contributed by atoms with van der Waals surface area (Å²) in [7, 11) is 0. The minimum atomic E-state index is -0.382. The number of nitrogens with zero attached hydrogens (tertiary/aromatic N) is 1. The Balaban J connectivity index is 1.96. The molecule has 1 heterocycles. The molecule has 106 valence electrons. The van der Waals surface area contributed by atoms with Crippen LogP contribution in [0.4, 0.5) is 0 Å². The fourth-order valence-corrected chi connectivity index (χ4v) is 2.50. The van der Waals surface area contributed by atoms with Crippen LogP contribution in [0.5, 0.6) is 0 Å². The largest absolute Gasteiger partial charge is 0.369 e. The van der Waals surface area contributed by atoms with Crippen molar-refractivity contribution in [3.63, 3.8) is 0 Å². The zero-order valence-corrected chi connectivity index (χ0v) is 11.9. The van der Waals surface area contributed by atoms with Gasteiger partial charge in [-0.2, -0.15) is 0 Å². The Labute approximate surface area is 120 Å². The van der Waals surface area contributed by atoms with Gasteiger partial charge in [-0.15, -0.1) is 0 Å². The monoisotopic (exact) mass is 271 g/mol. The summed E-state index contributed by atoms with van der Waals surface area (Å²) in [6, 6.07) is 8.14. The molecule has 0 bridgehead atoms. The molecule has 20 heavy (non-hydrogen) atoms. The van der Waals surface area contributed by atoms with E-state index in [1.807, 2.05) is 19.1 Å². The van der Waals surface area contributed by atoms with Gasteiger partial charge < -0.3 is 11.5 Å². The predicted octanol–water partition coefficient (Wildman–Crippen LogP) is 0.694. The van der Waals surface area contributed by atoms with Gasteiger partial charge >= 0.3 is 0 Å². The first-order chi connectivity index (χ1) is 9.53. The maximum atomic E-state index is 11.4. The first kappa shape index (κ1) is 14.6. The molecule has 1 unspecified atom stereocenters. The number of amides is 1. The van der Waals surface area contributed by atoms with Crippen LogP contribution in [0.25, 0.3) is 0 Å². The molecule has 1 aliphatic heterocycles. The number of likely N-dealkylation sites (tertiary alicyclic amines) is 1. The molecule has 1 aliphatic rings. The average molecular weight is 271 g/mol. The van der Waals surface area contributed by atoms with Crippen LogP contribution in [-0.2, 0) is 11.3 Å². The summed E-state index contributed by atoms with van der Waals surface area (Å²) < 4.78 is 0. The van der Waals surface area contributed by atoms with Crippen molar-refractivity contribution in [1.29, 1.82) is 0 Å². The third-order valence-electron chi connectivity index (χ3n) is 3.84. The van der Waals surface area contributed by atoms with Crippen molar-refractivity contribution in [1.82, 2.24) is 4.90 Å². The second-order valence-corrected chi connectivity index (χ2v) is 5.59. The lowest BCUT2D eigenvalue weighted by molar-refractivity contribution is -0.126. The first-order valence-corrected chi connectivity index (χ1v) is 6.84. The van der Waals surface area contributed by atoms with Crippen LogP contribution >= 0.6 is 0 Å². The Morgan fingerprint density at radius 1 is 1.40 bits per heavy atom. The second kappa shape index (κ2) is 6.08. The van der Waals surface area contributed by atoms with E-state index in [2.05, 4.69) is 28.9 Å². The van der Waals surface area contributed by atoms with Crippen molar-refractivity contribution in [2.24, 2.45) is 16.9 Å². The van der Waals surface area contributed by atoms with Crippen LogP contribution in [0, 0.1) is 17.3 Å². The molecule has 1 saturated heterocycles. The van der Waals surface area contributed by atoms with Crippen molar-refractivity contribution >= 4 is 5.91 Å². The molecular weight excluding hydrogens is 250 g/mol. The zero-order valence-electron chi connectivity index (χ0n) is 11.9. The lowest BCUT2D eigenvalue weighted by Crippen LogP contribution is -2.36. The normalized spacial score (nSPS) is 22.3. The van der Waals surface area contributed by atoms with Crippen LogP contribution in [-0.4, -0.2) is 30.4 Å². The van der Waals surface area contributed by atoms with Crippen LogP contribution in [0.15, 0.2) is 24.3 Å².